The largest absolute Gasteiger partial charge is 0.475 e. The number of nitriles is 1. The van der Waals surface area contributed by atoms with Crippen LogP contribution in [0.3, 0.4) is 0 Å². The number of carboxylic acid groups (broad SMARTS) is 1. The molecule has 0 bridgehead atoms. The van der Waals surface area contributed by atoms with Crippen LogP contribution in [0.1, 0.15) is 33.0 Å². The van der Waals surface area contributed by atoms with E-state index in [-0.39, 0.29) is 5.76 Å². The number of carbonyl (C=O) groups is 1. The van der Waals surface area contributed by atoms with Gasteiger partial charge in [-0.25, -0.2) is 4.79 Å². The molecule has 0 saturated heterocycles. The normalized spacial score (nSPS) is 10.6. The molecule has 0 unspecified atom stereocenters. The van der Waals surface area contributed by atoms with Gasteiger partial charge in [0, 0.05) is 12.1 Å². The standard InChI is InChI=1S/C16H16N2O3/c1-11-6-14(21-15(11)16(19)20)10-18(2)9-13-5-3-4-12(7-13)8-17/h3-7H,9-10H2,1-2H3,(H,19,20). The molecule has 5 heteroatoms. The summed E-state index contributed by atoms with van der Waals surface area (Å²) in [5.74, 6) is -0.447. The van der Waals surface area contributed by atoms with Gasteiger partial charge in [0.25, 0.3) is 0 Å². The van der Waals surface area contributed by atoms with E-state index in [0.717, 1.165) is 5.56 Å². The van der Waals surface area contributed by atoms with Crippen molar-refractivity contribution in [1.29, 1.82) is 5.26 Å². The minimum Gasteiger partial charge on any atom is -0.475 e. The molecule has 0 aliphatic rings. The molecule has 0 atom stereocenters. The summed E-state index contributed by atoms with van der Waals surface area (Å²) in [4.78, 5) is 12.9. The Morgan fingerprint density at radius 3 is 2.76 bits per heavy atom. The van der Waals surface area contributed by atoms with Gasteiger partial charge in [0.1, 0.15) is 5.76 Å². The molecule has 0 fully saturated rings. The molecular formula is C16H16N2O3. The molecular weight excluding hydrogens is 268 g/mol. The SMILES string of the molecule is Cc1cc(CN(C)Cc2cccc(C#N)c2)oc1C(=O)O. The number of aromatic carboxylic acids is 1. The monoisotopic (exact) mass is 284 g/mol. The van der Waals surface area contributed by atoms with Crippen LogP contribution in [-0.4, -0.2) is 23.0 Å². The lowest BCUT2D eigenvalue weighted by molar-refractivity contribution is 0.0657. The summed E-state index contributed by atoms with van der Waals surface area (Å²) in [7, 11) is 1.91. The molecule has 0 aliphatic carbocycles. The molecule has 0 amide bonds. The van der Waals surface area contributed by atoms with Gasteiger partial charge in [0.05, 0.1) is 18.2 Å². The van der Waals surface area contributed by atoms with E-state index in [1.165, 1.54) is 0 Å². The topological polar surface area (TPSA) is 77.5 Å². The third-order valence-electron chi connectivity index (χ3n) is 3.10. The van der Waals surface area contributed by atoms with Crippen LogP contribution in [0.5, 0.6) is 0 Å². The van der Waals surface area contributed by atoms with Crippen LogP contribution in [0.15, 0.2) is 34.7 Å². The molecule has 0 aliphatic heterocycles. The van der Waals surface area contributed by atoms with Crippen molar-refractivity contribution in [2.75, 3.05) is 7.05 Å². The van der Waals surface area contributed by atoms with E-state index in [2.05, 4.69) is 6.07 Å². The van der Waals surface area contributed by atoms with Crippen molar-refractivity contribution < 1.29 is 14.3 Å². The van der Waals surface area contributed by atoms with Crippen LogP contribution in [0.25, 0.3) is 0 Å². The van der Waals surface area contributed by atoms with E-state index in [0.29, 0.717) is 30.0 Å². The summed E-state index contributed by atoms with van der Waals surface area (Å²) in [6.07, 6.45) is 0. The zero-order chi connectivity index (χ0) is 15.4. The minimum atomic E-state index is -1.05. The number of benzene rings is 1. The smallest absolute Gasteiger partial charge is 0.372 e. The molecule has 21 heavy (non-hydrogen) atoms. The number of rotatable bonds is 5. The predicted molar refractivity (Wildman–Crippen MR) is 76.7 cm³/mol. The first-order valence-electron chi connectivity index (χ1n) is 6.50. The number of hydrogen-bond acceptors (Lipinski definition) is 4. The molecule has 0 saturated carbocycles. The van der Waals surface area contributed by atoms with Crippen molar-refractivity contribution in [1.82, 2.24) is 4.90 Å². The van der Waals surface area contributed by atoms with E-state index in [9.17, 15) is 4.79 Å². The molecule has 2 aromatic rings. The highest BCUT2D eigenvalue weighted by Gasteiger charge is 2.15. The lowest BCUT2D eigenvalue weighted by Gasteiger charge is -2.15. The summed E-state index contributed by atoms with van der Waals surface area (Å²) in [6.45, 7) is 2.87. The lowest BCUT2D eigenvalue weighted by atomic mass is 10.1. The molecule has 0 spiro atoms. The van der Waals surface area contributed by atoms with Crippen molar-refractivity contribution in [2.24, 2.45) is 0 Å². The highest BCUT2D eigenvalue weighted by molar-refractivity contribution is 5.86. The second-order valence-electron chi connectivity index (χ2n) is 5.01. The summed E-state index contributed by atoms with van der Waals surface area (Å²) >= 11 is 0. The fourth-order valence-corrected chi connectivity index (χ4v) is 2.21. The molecule has 1 N–H and O–H groups in total. The molecule has 1 heterocycles. The van der Waals surface area contributed by atoms with Crippen LogP contribution >= 0.6 is 0 Å². The molecule has 1 aromatic heterocycles. The Bertz CT molecular complexity index is 698. The second-order valence-corrected chi connectivity index (χ2v) is 5.01. The maximum atomic E-state index is 10.9. The number of nitrogens with zero attached hydrogens (tertiary/aromatic N) is 2. The van der Waals surface area contributed by atoms with Crippen molar-refractivity contribution >= 4 is 5.97 Å². The average Bonchev–Trinajstić information content (AvgIpc) is 2.79. The Labute approximate surface area is 123 Å². The van der Waals surface area contributed by atoms with Crippen LogP contribution in [0.4, 0.5) is 0 Å². The third kappa shape index (κ3) is 3.71. The molecule has 5 nitrogen and oxygen atoms in total. The van der Waals surface area contributed by atoms with Crippen LogP contribution in [-0.2, 0) is 13.1 Å². The summed E-state index contributed by atoms with van der Waals surface area (Å²) in [5.41, 5.74) is 2.28. The number of hydrogen-bond donors (Lipinski definition) is 1. The van der Waals surface area contributed by atoms with Crippen molar-refractivity contribution in [3.63, 3.8) is 0 Å². The van der Waals surface area contributed by atoms with Crippen LogP contribution in [0, 0.1) is 18.3 Å². The van der Waals surface area contributed by atoms with Gasteiger partial charge in [-0.3, -0.25) is 4.90 Å². The zero-order valence-electron chi connectivity index (χ0n) is 12.0. The van der Waals surface area contributed by atoms with E-state index in [1.807, 2.05) is 30.1 Å². The Kier molecular flexibility index (Phi) is 4.41. The lowest BCUT2D eigenvalue weighted by Crippen LogP contribution is -2.16. The molecule has 2 rings (SSSR count). The maximum absolute atomic E-state index is 10.9. The van der Waals surface area contributed by atoms with Crippen molar-refractivity contribution in [3.05, 3.63) is 58.5 Å². The molecule has 108 valence electrons. The highest BCUT2D eigenvalue weighted by atomic mass is 16.4. The third-order valence-corrected chi connectivity index (χ3v) is 3.10. The van der Waals surface area contributed by atoms with Crippen molar-refractivity contribution in [2.45, 2.75) is 20.0 Å². The highest BCUT2D eigenvalue weighted by Crippen LogP contribution is 2.17. The second kappa shape index (κ2) is 6.25. The first-order valence-corrected chi connectivity index (χ1v) is 6.50. The van der Waals surface area contributed by atoms with Gasteiger partial charge >= 0.3 is 5.97 Å². The minimum absolute atomic E-state index is 0.00937. The fraction of sp³-hybridized carbons (Fsp3) is 0.250. The predicted octanol–water partition coefficient (Wildman–Crippen LogP) is 2.79. The van der Waals surface area contributed by atoms with Gasteiger partial charge in [-0.1, -0.05) is 12.1 Å². The van der Waals surface area contributed by atoms with E-state index < -0.39 is 5.97 Å². The van der Waals surface area contributed by atoms with Crippen molar-refractivity contribution in [3.8, 4) is 6.07 Å². The number of furan rings is 1. The van der Waals surface area contributed by atoms with E-state index in [4.69, 9.17) is 14.8 Å². The maximum Gasteiger partial charge on any atom is 0.372 e. The Morgan fingerprint density at radius 2 is 2.14 bits per heavy atom. The zero-order valence-corrected chi connectivity index (χ0v) is 12.0. The fourth-order valence-electron chi connectivity index (χ4n) is 2.21. The summed E-state index contributed by atoms with van der Waals surface area (Å²) in [6, 6.07) is 11.3. The Balaban J connectivity index is 2.04. The Morgan fingerprint density at radius 1 is 1.38 bits per heavy atom. The number of aryl methyl sites for hydroxylation is 1. The summed E-state index contributed by atoms with van der Waals surface area (Å²) < 4.78 is 5.34. The first kappa shape index (κ1) is 14.8. The molecule has 0 radical (unpaired) electrons. The van der Waals surface area contributed by atoms with Gasteiger partial charge < -0.3 is 9.52 Å². The van der Waals surface area contributed by atoms with Gasteiger partial charge in [0.2, 0.25) is 5.76 Å². The summed E-state index contributed by atoms with van der Waals surface area (Å²) in [5, 5.41) is 17.9. The Hall–Kier alpha value is -2.58. The van der Waals surface area contributed by atoms with Gasteiger partial charge in [0.15, 0.2) is 0 Å². The first-order chi connectivity index (χ1) is 9.99. The average molecular weight is 284 g/mol. The van der Waals surface area contributed by atoms with Crippen LogP contribution < -0.4 is 0 Å². The number of carboxylic acids is 1. The van der Waals surface area contributed by atoms with Gasteiger partial charge in [-0.05, 0) is 37.7 Å². The quantitative estimate of drug-likeness (QED) is 0.913. The van der Waals surface area contributed by atoms with E-state index in [1.54, 1.807) is 19.1 Å². The van der Waals surface area contributed by atoms with E-state index >= 15 is 0 Å². The van der Waals surface area contributed by atoms with Crippen LogP contribution in [0.2, 0.25) is 0 Å². The van der Waals surface area contributed by atoms with Gasteiger partial charge in [-0.2, -0.15) is 5.26 Å². The van der Waals surface area contributed by atoms with Gasteiger partial charge in [-0.15, -0.1) is 0 Å². The molecule has 1 aromatic carbocycles.